The lowest BCUT2D eigenvalue weighted by Gasteiger charge is -2.17. The van der Waals surface area contributed by atoms with Gasteiger partial charge in [-0.05, 0) is 49.4 Å². The molecule has 140 valence electrons. The number of ether oxygens (including phenoxy) is 2. The molecule has 0 atom stereocenters. The molecule has 2 rings (SSSR count). The molecule has 0 heterocycles. The van der Waals surface area contributed by atoms with Gasteiger partial charge in [0.05, 0.1) is 20.8 Å². The molecular weight excluding hydrogens is 375 g/mol. The molecule has 26 heavy (non-hydrogen) atoms. The van der Waals surface area contributed by atoms with Gasteiger partial charge in [0.25, 0.3) is 0 Å². The summed E-state index contributed by atoms with van der Waals surface area (Å²) in [7, 11) is 5.11. The lowest BCUT2D eigenvalue weighted by Crippen LogP contribution is -2.31. The van der Waals surface area contributed by atoms with Crippen molar-refractivity contribution in [3.8, 4) is 11.5 Å². The Labute approximate surface area is 163 Å². The van der Waals surface area contributed by atoms with Crippen molar-refractivity contribution < 1.29 is 14.3 Å². The summed E-state index contributed by atoms with van der Waals surface area (Å²) in [4.78, 5) is 14.1. The van der Waals surface area contributed by atoms with Crippen molar-refractivity contribution in [1.82, 2.24) is 4.90 Å². The van der Waals surface area contributed by atoms with E-state index < -0.39 is 0 Å². The maximum Gasteiger partial charge on any atom is 0.238 e. The molecule has 0 aliphatic heterocycles. The molecule has 0 aliphatic carbocycles. The topological polar surface area (TPSA) is 50.8 Å². The van der Waals surface area contributed by atoms with Gasteiger partial charge < -0.3 is 14.8 Å². The van der Waals surface area contributed by atoms with E-state index in [9.17, 15) is 4.79 Å². The van der Waals surface area contributed by atoms with Gasteiger partial charge in [-0.1, -0.05) is 29.3 Å². The Balaban J connectivity index is 1.86. The fourth-order valence-corrected chi connectivity index (χ4v) is 3.03. The molecule has 2 aromatic rings. The first-order valence-corrected chi connectivity index (χ1v) is 8.82. The zero-order valence-electron chi connectivity index (χ0n) is 15.0. The average molecular weight is 397 g/mol. The second-order valence-electron chi connectivity index (χ2n) is 5.88. The SMILES string of the molecule is COc1ccc(CCN(C)CC(=O)Nc2cc(Cl)cc(Cl)c2)cc1OC. The molecular formula is C19H22Cl2N2O3. The molecule has 1 N–H and O–H groups in total. The first-order valence-electron chi connectivity index (χ1n) is 8.06. The summed E-state index contributed by atoms with van der Waals surface area (Å²) in [6, 6.07) is 10.8. The number of hydrogen-bond donors (Lipinski definition) is 1. The predicted molar refractivity (Wildman–Crippen MR) is 106 cm³/mol. The first kappa shape index (κ1) is 20.4. The molecule has 0 saturated heterocycles. The number of nitrogens with zero attached hydrogens (tertiary/aromatic N) is 1. The Hall–Kier alpha value is -1.95. The molecule has 0 saturated carbocycles. The van der Waals surface area contributed by atoms with Crippen molar-refractivity contribution in [2.75, 3.05) is 39.7 Å². The third-order valence-electron chi connectivity index (χ3n) is 3.79. The molecule has 0 spiro atoms. The van der Waals surface area contributed by atoms with Gasteiger partial charge in [-0.15, -0.1) is 0 Å². The molecule has 7 heteroatoms. The van der Waals surface area contributed by atoms with E-state index in [-0.39, 0.29) is 12.5 Å². The number of halogens is 2. The van der Waals surface area contributed by atoms with E-state index in [2.05, 4.69) is 5.32 Å². The van der Waals surface area contributed by atoms with Crippen LogP contribution in [0.3, 0.4) is 0 Å². The number of methoxy groups -OCH3 is 2. The Morgan fingerprint density at radius 1 is 1.04 bits per heavy atom. The quantitative estimate of drug-likeness (QED) is 0.728. The summed E-state index contributed by atoms with van der Waals surface area (Å²) in [5, 5.41) is 3.76. The van der Waals surface area contributed by atoms with Gasteiger partial charge in [-0.3, -0.25) is 9.69 Å². The summed E-state index contributed by atoms with van der Waals surface area (Å²) in [6.07, 6.45) is 0.785. The number of benzene rings is 2. The van der Waals surface area contributed by atoms with E-state index in [1.165, 1.54) is 0 Å². The molecule has 2 aromatic carbocycles. The minimum atomic E-state index is -0.127. The summed E-state index contributed by atoms with van der Waals surface area (Å²) in [5.74, 6) is 1.27. The summed E-state index contributed by atoms with van der Waals surface area (Å²) >= 11 is 11.9. The van der Waals surface area contributed by atoms with Crippen LogP contribution in [0, 0.1) is 0 Å². The molecule has 5 nitrogen and oxygen atoms in total. The van der Waals surface area contributed by atoms with Gasteiger partial charge in [0, 0.05) is 22.3 Å². The Morgan fingerprint density at radius 2 is 1.69 bits per heavy atom. The van der Waals surface area contributed by atoms with Crippen molar-refractivity contribution in [2.24, 2.45) is 0 Å². The minimum absolute atomic E-state index is 0.127. The lowest BCUT2D eigenvalue weighted by molar-refractivity contribution is -0.117. The van der Waals surface area contributed by atoms with Crippen LogP contribution in [0.25, 0.3) is 0 Å². The molecule has 0 unspecified atom stereocenters. The Bertz CT molecular complexity index is 748. The highest BCUT2D eigenvalue weighted by Gasteiger charge is 2.10. The zero-order valence-corrected chi connectivity index (χ0v) is 16.5. The van der Waals surface area contributed by atoms with Gasteiger partial charge in [0.1, 0.15) is 0 Å². The molecule has 1 amide bonds. The number of nitrogens with one attached hydrogen (secondary N) is 1. The van der Waals surface area contributed by atoms with Crippen molar-refractivity contribution in [1.29, 1.82) is 0 Å². The maximum absolute atomic E-state index is 12.2. The number of rotatable bonds is 8. The van der Waals surface area contributed by atoms with E-state index in [1.54, 1.807) is 32.4 Å². The number of hydrogen-bond acceptors (Lipinski definition) is 4. The van der Waals surface area contributed by atoms with E-state index >= 15 is 0 Å². The number of carbonyl (C=O) groups excluding carboxylic acids is 1. The van der Waals surface area contributed by atoms with Crippen LogP contribution in [-0.4, -0.2) is 45.2 Å². The van der Waals surface area contributed by atoms with E-state index in [0.717, 1.165) is 18.5 Å². The monoisotopic (exact) mass is 396 g/mol. The van der Waals surface area contributed by atoms with Gasteiger partial charge in [0.15, 0.2) is 11.5 Å². The van der Waals surface area contributed by atoms with Crippen LogP contribution in [0.15, 0.2) is 36.4 Å². The van der Waals surface area contributed by atoms with Crippen molar-refractivity contribution in [3.63, 3.8) is 0 Å². The standard InChI is InChI=1S/C19H22Cl2N2O3/c1-23(7-6-13-4-5-17(25-2)18(8-13)26-3)12-19(24)22-16-10-14(20)9-15(21)11-16/h4-5,8-11H,6-7,12H2,1-3H3,(H,22,24). The predicted octanol–water partition coefficient (Wildman–Crippen LogP) is 4.12. The second-order valence-corrected chi connectivity index (χ2v) is 6.76. The maximum atomic E-state index is 12.2. The van der Waals surface area contributed by atoms with Gasteiger partial charge in [-0.25, -0.2) is 0 Å². The van der Waals surface area contributed by atoms with E-state index in [1.807, 2.05) is 30.1 Å². The van der Waals surface area contributed by atoms with Gasteiger partial charge >= 0.3 is 0 Å². The third-order valence-corrected chi connectivity index (χ3v) is 4.23. The van der Waals surface area contributed by atoms with Crippen LogP contribution in [0.4, 0.5) is 5.69 Å². The van der Waals surface area contributed by atoms with Crippen LogP contribution in [0.2, 0.25) is 10.0 Å². The van der Waals surface area contributed by atoms with Crippen molar-refractivity contribution >= 4 is 34.8 Å². The first-order chi connectivity index (χ1) is 12.4. The van der Waals surface area contributed by atoms with Crippen molar-refractivity contribution in [2.45, 2.75) is 6.42 Å². The van der Waals surface area contributed by atoms with Crippen LogP contribution in [-0.2, 0) is 11.2 Å². The smallest absolute Gasteiger partial charge is 0.238 e. The largest absolute Gasteiger partial charge is 0.493 e. The Kier molecular flexibility index (Phi) is 7.57. The second kappa shape index (κ2) is 9.67. The highest BCUT2D eigenvalue weighted by atomic mass is 35.5. The molecule has 0 fully saturated rings. The summed E-state index contributed by atoms with van der Waals surface area (Å²) < 4.78 is 10.5. The lowest BCUT2D eigenvalue weighted by atomic mass is 10.1. The van der Waals surface area contributed by atoms with Crippen LogP contribution < -0.4 is 14.8 Å². The normalized spacial score (nSPS) is 10.7. The molecule has 0 aromatic heterocycles. The minimum Gasteiger partial charge on any atom is -0.493 e. The fourth-order valence-electron chi connectivity index (χ4n) is 2.51. The highest BCUT2D eigenvalue weighted by Crippen LogP contribution is 2.27. The van der Waals surface area contributed by atoms with Crippen LogP contribution in [0.1, 0.15) is 5.56 Å². The van der Waals surface area contributed by atoms with Crippen LogP contribution in [0.5, 0.6) is 11.5 Å². The zero-order chi connectivity index (χ0) is 19.1. The number of likely N-dealkylation sites (N-methyl/N-ethyl adjacent to an activating group) is 1. The van der Waals surface area contributed by atoms with Crippen LogP contribution >= 0.6 is 23.2 Å². The molecule has 0 bridgehead atoms. The number of amides is 1. The summed E-state index contributed by atoms with van der Waals surface area (Å²) in [6.45, 7) is 0.983. The highest BCUT2D eigenvalue weighted by molar-refractivity contribution is 6.35. The number of anilines is 1. The number of carbonyl (C=O) groups is 1. The van der Waals surface area contributed by atoms with E-state index in [0.29, 0.717) is 27.2 Å². The Morgan fingerprint density at radius 3 is 2.31 bits per heavy atom. The summed E-state index contributed by atoms with van der Waals surface area (Å²) in [5.41, 5.74) is 1.69. The third kappa shape index (κ3) is 6.09. The van der Waals surface area contributed by atoms with Crippen molar-refractivity contribution in [3.05, 3.63) is 52.0 Å². The van der Waals surface area contributed by atoms with Gasteiger partial charge in [-0.2, -0.15) is 0 Å². The average Bonchev–Trinajstić information content (AvgIpc) is 2.58. The van der Waals surface area contributed by atoms with E-state index in [4.69, 9.17) is 32.7 Å². The molecule has 0 radical (unpaired) electrons. The molecule has 0 aliphatic rings. The fraction of sp³-hybridized carbons (Fsp3) is 0.316. The van der Waals surface area contributed by atoms with Gasteiger partial charge in [0.2, 0.25) is 5.91 Å².